The Bertz CT molecular complexity index is 1280. The molecule has 0 aliphatic carbocycles. The van der Waals surface area contributed by atoms with E-state index in [2.05, 4.69) is 10.3 Å². The van der Waals surface area contributed by atoms with Gasteiger partial charge in [0.15, 0.2) is 5.76 Å². The second kappa shape index (κ2) is 9.16. The molecule has 1 amide bonds. The summed E-state index contributed by atoms with van der Waals surface area (Å²) in [5.74, 6) is 1.81. The number of oxazole rings is 1. The van der Waals surface area contributed by atoms with Crippen molar-refractivity contribution in [3.8, 4) is 34.3 Å². The molecule has 0 bridgehead atoms. The van der Waals surface area contributed by atoms with Gasteiger partial charge in [0.2, 0.25) is 5.89 Å². The molecular formula is C25H21ClN2O4. The van der Waals surface area contributed by atoms with Crippen LogP contribution in [0.5, 0.6) is 11.5 Å². The van der Waals surface area contributed by atoms with Gasteiger partial charge in [-0.2, -0.15) is 0 Å². The molecule has 3 aromatic carbocycles. The number of hydrogen-bond donors (Lipinski definition) is 1. The van der Waals surface area contributed by atoms with E-state index in [1.807, 2.05) is 31.2 Å². The van der Waals surface area contributed by atoms with E-state index in [0.29, 0.717) is 45.0 Å². The van der Waals surface area contributed by atoms with Gasteiger partial charge in [0.05, 0.1) is 31.5 Å². The number of hydrogen-bond acceptors (Lipinski definition) is 5. The van der Waals surface area contributed by atoms with E-state index in [1.54, 1.807) is 56.8 Å². The minimum Gasteiger partial charge on any atom is -0.497 e. The summed E-state index contributed by atoms with van der Waals surface area (Å²) in [6.07, 6.45) is 1.61. The Morgan fingerprint density at radius 1 is 1.00 bits per heavy atom. The molecule has 4 aromatic rings. The van der Waals surface area contributed by atoms with Gasteiger partial charge in [-0.3, -0.25) is 4.79 Å². The van der Waals surface area contributed by atoms with Crippen LogP contribution >= 0.6 is 11.6 Å². The standard InChI is InChI=1S/C25H21ClN2O4/c1-15-8-9-16(12-21(15)26)28-24(29)18-6-4-5-7-19(18)25-27-14-23(32-25)20-11-10-17(30-2)13-22(20)31-3/h4-14H,1-3H3,(H,28,29). The molecule has 0 atom stereocenters. The summed E-state index contributed by atoms with van der Waals surface area (Å²) in [4.78, 5) is 17.4. The highest BCUT2D eigenvalue weighted by Gasteiger charge is 2.19. The van der Waals surface area contributed by atoms with Crippen molar-refractivity contribution in [1.29, 1.82) is 0 Å². The van der Waals surface area contributed by atoms with Gasteiger partial charge in [0, 0.05) is 22.3 Å². The molecule has 1 aromatic heterocycles. The summed E-state index contributed by atoms with van der Waals surface area (Å²) in [6.45, 7) is 1.90. The first-order valence-electron chi connectivity index (χ1n) is 9.85. The monoisotopic (exact) mass is 448 g/mol. The van der Waals surface area contributed by atoms with Crippen LogP contribution in [0.1, 0.15) is 15.9 Å². The van der Waals surface area contributed by atoms with Crippen molar-refractivity contribution in [2.45, 2.75) is 6.92 Å². The molecule has 6 nitrogen and oxygen atoms in total. The van der Waals surface area contributed by atoms with Gasteiger partial charge < -0.3 is 19.2 Å². The van der Waals surface area contributed by atoms with Crippen LogP contribution in [0.25, 0.3) is 22.8 Å². The van der Waals surface area contributed by atoms with Gasteiger partial charge in [-0.05, 0) is 48.9 Å². The number of benzene rings is 3. The third kappa shape index (κ3) is 4.31. The molecule has 1 N–H and O–H groups in total. The largest absolute Gasteiger partial charge is 0.497 e. The maximum atomic E-state index is 13.0. The highest BCUT2D eigenvalue weighted by atomic mass is 35.5. The maximum Gasteiger partial charge on any atom is 0.256 e. The SMILES string of the molecule is COc1ccc(-c2cnc(-c3ccccc3C(=O)Nc3ccc(C)c(Cl)c3)o2)c(OC)c1. The van der Waals surface area contributed by atoms with Crippen LogP contribution in [-0.2, 0) is 0 Å². The van der Waals surface area contributed by atoms with Crippen molar-refractivity contribution in [2.24, 2.45) is 0 Å². The first kappa shape index (κ1) is 21.5. The van der Waals surface area contributed by atoms with Gasteiger partial charge in [0.1, 0.15) is 11.5 Å². The molecule has 0 spiro atoms. The molecular weight excluding hydrogens is 428 g/mol. The fourth-order valence-electron chi connectivity index (χ4n) is 3.26. The number of amides is 1. The second-order valence-electron chi connectivity index (χ2n) is 7.06. The zero-order chi connectivity index (χ0) is 22.7. The van der Waals surface area contributed by atoms with Crippen molar-refractivity contribution in [3.63, 3.8) is 0 Å². The number of nitrogens with one attached hydrogen (secondary N) is 1. The lowest BCUT2D eigenvalue weighted by Crippen LogP contribution is -2.13. The highest BCUT2D eigenvalue weighted by Crippen LogP contribution is 2.36. The summed E-state index contributed by atoms with van der Waals surface area (Å²) in [5, 5.41) is 3.46. The molecule has 1 heterocycles. The van der Waals surface area contributed by atoms with E-state index in [4.69, 9.17) is 25.5 Å². The lowest BCUT2D eigenvalue weighted by molar-refractivity contribution is 0.102. The number of halogens is 1. The van der Waals surface area contributed by atoms with E-state index < -0.39 is 0 Å². The van der Waals surface area contributed by atoms with Crippen molar-refractivity contribution in [3.05, 3.63) is 83.0 Å². The number of carbonyl (C=O) groups is 1. The van der Waals surface area contributed by atoms with Crippen LogP contribution in [0.15, 0.2) is 71.3 Å². The molecule has 0 unspecified atom stereocenters. The van der Waals surface area contributed by atoms with E-state index in [1.165, 1.54) is 0 Å². The predicted octanol–water partition coefficient (Wildman–Crippen LogP) is 6.24. The summed E-state index contributed by atoms with van der Waals surface area (Å²) < 4.78 is 16.7. The topological polar surface area (TPSA) is 73.6 Å². The molecule has 0 radical (unpaired) electrons. The van der Waals surface area contributed by atoms with Gasteiger partial charge in [-0.15, -0.1) is 0 Å². The number of anilines is 1. The highest BCUT2D eigenvalue weighted by molar-refractivity contribution is 6.31. The number of rotatable bonds is 6. The fraction of sp³-hybridized carbons (Fsp3) is 0.120. The number of methoxy groups -OCH3 is 2. The smallest absolute Gasteiger partial charge is 0.256 e. The lowest BCUT2D eigenvalue weighted by Gasteiger charge is -2.10. The summed E-state index contributed by atoms with van der Waals surface area (Å²) >= 11 is 6.18. The molecule has 4 rings (SSSR count). The van der Waals surface area contributed by atoms with Crippen LogP contribution < -0.4 is 14.8 Å². The molecule has 0 saturated heterocycles. The maximum absolute atomic E-state index is 13.0. The van der Waals surface area contributed by atoms with Crippen LogP contribution in [0, 0.1) is 6.92 Å². The molecule has 162 valence electrons. The average molecular weight is 449 g/mol. The third-order valence-electron chi connectivity index (χ3n) is 5.01. The third-order valence-corrected chi connectivity index (χ3v) is 5.42. The predicted molar refractivity (Wildman–Crippen MR) is 125 cm³/mol. The van der Waals surface area contributed by atoms with Crippen LogP contribution in [0.2, 0.25) is 5.02 Å². The van der Waals surface area contributed by atoms with Gasteiger partial charge >= 0.3 is 0 Å². The average Bonchev–Trinajstić information content (AvgIpc) is 3.31. The normalized spacial score (nSPS) is 10.6. The Labute approximate surface area is 190 Å². The van der Waals surface area contributed by atoms with Crippen molar-refractivity contribution >= 4 is 23.2 Å². The first-order valence-corrected chi connectivity index (χ1v) is 10.2. The fourth-order valence-corrected chi connectivity index (χ4v) is 3.44. The van der Waals surface area contributed by atoms with Crippen molar-refractivity contribution in [1.82, 2.24) is 4.98 Å². The van der Waals surface area contributed by atoms with Crippen molar-refractivity contribution in [2.75, 3.05) is 19.5 Å². The molecule has 0 saturated carbocycles. The number of carbonyl (C=O) groups excluding carboxylic acids is 1. The number of aryl methyl sites for hydroxylation is 1. The second-order valence-corrected chi connectivity index (χ2v) is 7.47. The summed E-state index contributed by atoms with van der Waals surface area (Å²) in [7, 11) is 3.17. The molecule has 0 aliphatic heterocycles. The number of nitrogens with zero attached hydrogens (tertiary/aromatic N) is 1. The molecule has 0 aliphatic rings. The number of ether oxygens (including phenoxy) is 2. The molecule has 7 heteroatoms. The zero-order valence-corrected chi connectivity index (χ0v) is 18.6. The summed E-state index contributed by atoms with van der Waals surface area (Å²) in [5.41, 5.74) is 3.27. The van der Waals surface area contributed by atoms with Gasteiger partial charge in [-0.1, -0.05) is 29.8 Å². The zero-order valence-electron chi connectivity index (χ0n) is 17.8. The van der Waals surface area contributed by atoms with Crippen LogP contribution in [0.3, 0.4) is 0 Å². The van der Waals surface area contributed by atoms with Crippen LogP contribution in [-0.4, -0.2) is 25.1 Å². The van der Waals surface area contributed by atoms with E-state index in [0.717, 1.165) is 11.1 Å². The minimum absolute atomic E-state index is 0.290. The Hall–Kier alpha value is -3.77. The number of aromatic nitrogens is 1. The van der Waals surface area contributed by atoms with E-state index in [-0.39, 0.29) is 5.91 Å². The van der Waals surface area contributed by atoms with E-state index >= 15 is 0 Å². The Kier molecular flexibility index (Phi) is 6.14. The lowest BCUT2D eigenvalue weighted by atomic mass is 10.1. The van der Waals surface area contributed by atoms with E-state index in [9.17, 15) is 4.79 Å². The Morgan fingerprint density at radius 3 is 2.56 bits per heavy atom. The molecule has 32 heavy (non-hydrogen) atoms. The van der Waals surface area contributed by atoms with Crippen LogP contribution in [0.4, 0.5) is 5.69 Å². The van der Waals surface area contributed by atoms with Crippen molar-refractivity contribution < 1.29 is 18.7 Å². The van der Waals surface area contributed by atoms with Gasteiger partial charge in [0.25, 0.3) is 5.91 Å². The van der Waals surface area contributed by atoms with Gasteiger partial charge in [-0.25, -0.2) is 4.98 Å². The first-order chi connectivity index (χ1) is 15.5. The molecule has 0 fully saturated rings. The quantitative estimate of drug-likeness (QED) is 0.378. The summed E-state index contributed by atoms with van der Waals surface area (Å²) in [6, 6.07) is 17.9. The Morgan fingerprint density at radius 2 is 1.81 bits per heavy atom. The Balaban J connectivity index is 1.66. The minimum atomic E-state index is -0.290.